The Balaban J connectivity index is 3.34. The molecule has 84 valence electrons. The van der Waals surface area contributed by atoms with Crippen LogP contribution in [0.4, 0.5) is 0 Å². The standard InChI is InChI=1S/C12H17ClO2/c1-4-8-5-9(12(2,3)7-14)11(15)10(13)6-8/h5-6,14-15H,4,7H2,1-3H3. The van der Waals surface area contributed by atoms with Crippen molar-refractivity contribution in [3.05, 3.63) is 28.3 Å². The number of aromatic hydroxyl groups is 1. The molecule has 0 spiro atoms. The maximum Gasteiger partial charge on any atom is 0.138 e. The van der Waals surface area contributed by atoms with Gasteiger partial charge in [-0.25, -0.2) is 0 Å². The van der Waals surface area contributed by atoms with Crippen LogP contribution in [0.15, 0.2) is 12.1 Å². The van der Waals surface area contributed by atoms with Gasteiger partial charge in [-0.15, -0.1) is 0 Å². The summed E-state index contributed by atoms with van der Waals surface area (Å²) in [6, 6.07) is 3.66. The summed E-state index contributed by atoms with van der Waals surface area (Å²) in [5.74, 6) is 0.0768. The largest absolute Gasteiger partial charge is 0.506 e. The van der Waals surface area contributed by atoms with E-state index in [2.05, 4.69) is 0 Å². The number of phenols is 1. The second-order valence-electron chi connectivity index (χ2n) is 4.37. The van der Waals surface area contributed by atoms with Crippen LogP contribution in [0.1, 0.15) is 31.9 Å². The van der Waals surface area contributed by atoms with Gasteiger partial charge in [0.05, 0.1) is 11.6 Å². The summed E-state index contributed by atoms with van der Waals surface area (Å²) in [7, 11) is 0. The first kappa shape index (κ1) is 12.3. The third kappa shape index (κ3) is 2.44. The zero-order valence-corrected chi connectivity index (χ0v) is 10.1. The summed E-state index contributed by atoms with van der Waals surface area (Å²) in [4.78, 5) is 0. The van der Waals surface area contributed by atoms with Gasteiger partial charge in [0.15, 0.2) is 0 Å². The summed E-state index contributed by atoms with van der Waals surface area (Å²) in [5.41, 5.74) is 1.29. The van der Waals surface area contributed by atoms with Crippen molar-refractivity contribution in [3.8, 4) is 5.75 Å². The van der Waals surface area contributed by atoms with Crippen LogP contribution in [-0.2, 0) is 11.8 Å². The van der Waals surface area contributed by atoms with E-state index in [1.165, 1.54) is 0 Å². The summed E-state index contributed by atoms with van der Waals surface area (Å²) in [5, 5.41) is 19.5. The van der Waals surface area contributed by atoms with Crippen molar-refractivity contribution in [2.45, 2.75) is 32.6 Å². The quantitative estimate of drug-likeness (QED) is 0.835. The Morgan fingerprint density at radius 1 is 1.33 bits per heavy atom. The molecule has 0 atom stereocenters. The number of aliphatic hydroxyl groups excluding tert-OH is 1. The molecule has 1 aromatic carbocycles. The fraction of sp³-hybridized carbons (Fsp3) is 0.500. The molecule has 3 heteroatoms. The van der Waals surface area contributed by atoms with Gasteiger partial charge in [-0.05, 0) is 18.1 Å². The van der Waals surface area contributed by atoms with Crippen LogP contribution in [0, 0.1) is 0 Å². The van der Waals surface area contributed by atoms with Gasteiger partial charge in [-0.3, -0.25) is 0 Å². The predicted molar refractivity (Wildman–Crippen MR) is 62.6 cm³/mol. The Bertz CT molecular complexity index is 359. The van der Waals surface area contributed by atoms with E-state index in [9.17, 15) is 10.2 Å². The third-order valence-corrected chi connectivity index (χ3v) is 2.94. The van der Waals surface area contributed by atoms with Gasteiger partial charge in [-0.1, -0.05) is 38.4 Å². The topological polar surface area (TPSA) is 40.5 Å². The molecule has 0 aliphatic rings. The van der Waals surface area contributed by atoms with Gasteiger partial charge in [0.25, 0.3) is 0 Å². The second kappa shape index (κ2) is 4.42. The lowest BCUT2D eigenvalue weighted by molar-refractivity contribution is 0.215. The molecule has 0 bridgehead atoms. The fourth-order valence-corrected chi connectivity index (χ4v) is 1.70. The highest BCUT2D eigenvalue weighted by molar-refractivity contribution is 6.32. The Kier molecular flexibility index (Phi) is 3.63. The van der Waals surface area contributed by atoms with Crippen LogP contribution in [-0.4, -0.2) is 16.8 Å². The molecule has 0 unspecified atom stereocenters. The third-order valence-electron chi connectivity index (χ3n) is 2.66. The zero-order valence-electron chi connectivity index (χ0n) is 9.34. The molecule has 0 fully saturated rings. The van der Waals surface area contributed by atoms with E-state index >= 15 is 0 Å². The molecule has 0 aromatic heterocycles. The van der Waals surface area contributed by atoms with Crippen LogP contribution in [0.2, 0.25) is 5.02 Å². The van der Waals surface area contributed by atoms with Crippen LogP contribution in [0.5, 0.6) is 5.75 Å². The van der Waals surface area contributed by atoms with Crippen molar-refractivity contribution in [1.29, 1.82) is 0 Å². The number of hydrogen-bond acceptors (Lipinski definition) is 2. The van der Waals surface area contributed by atoms with E-state index in [4.69, 9.17) is 11.6 Å². The minimum Gasteiger partial charge on any atom is -0.506 e. The summed E-state index contributed by atoms with van der Waals surface area (Å²) < 4.78 is 0. The van der Waals surface area contributed by atoms with Crippen molar-refractivity contribution >= 4 is 11.6 Å². The smallest absolute Gasteiger partial charge is 0.138 e. The first-order chi connectivity index (χ1) is 6.92. The molecular formula is C12H17ClO2. The highest BCUT2D eigenvalue weighted by Crippen LogP contribution is 2.37. The Hall–Kier alpha value is -0.730. The molecule has 15 heavy (non-hydrogen) atoms. The number of aliphatic hydroxyl groups is 1. The van der Waals surface area contributed by atoms with Gasteiger partial charge in [0.1, 0.15) is 5.75 Å². The normalized spacial score (nSPS) is 11.8. The molecule has 0 saturated heterocycles. The molecule has 2 nitrogen and oxygen atoms in total. The molecule has 2 N–H and O–H groups in total. The Morgan fingerprint density at radius 2 is 1.93 bits per heavy atom. The summed E-state index contributed by atoms with van der Waals surface area (Å²) in [6.45, 7) is 5.75. The average molecular weight is 229 g/mol. The number of aryl methyl sites for hydroxylation is 1. The molecule has 1 rings (SSSR count). The number of rotatable bonds is 3. The first-order valence-corrected chi connectivity index (χ1v) is 5.43. The fourth-order valence-electron chi connectivity index (χ4n) is 1.46. The number of halogens is 1. The molecule has 0 aliphatic heterocycles. The van der Waals surface area contributed by atoms with Gasteiger partial charge >= 0.3 is 0 Å². The van der Waals surface area contributed by atoms with Gasteiger partial charge < -0.3 is 10.2 Å². The number of hydrogen-bond donors (Lipinski definition) is 2. The van der Waals surface area contributed by atoms with Crippen molar-refractivity contribution in [2.75, 3.05) is 6.61 Å². The number of benzene rings is 1. The van der Waals surface area contributed by atoms with Crippen LogP contribution >= 0.6 is 11.6 Å². The molecule has 0 heterocycles. The SMILES string of the molecule is CCc1cc(Cl)c(O)c(C(C)(C)CO)c1. The highest BCUT2D eigenvalue weighted by Gasteiger charge is 2.24. The van der Waals surface area contributed by atoms with Crippen molar-refractivity contribution < 1.29 is 10.2 Å². The maximum absolute atomic E-state index is 9.84. The average Bonchev–Trinajstić information content (AvgIpc) is 2.21. The van der Waals surface area contributed by atoms with E-state index < -0.39 is 5.41 Å². The minimum absolute atomic E-state index is 0.0238. The Labute approximate surface area is 95.5 Å². The van der Waals surface area contributed by atoms with Crippen LogP contribution < -0.4 is 0 Å². The van der Waals surface area contributed by atoms with E-state index in [0.29, 0.717) is 10.6 Å². The van der Waals surface area contributed by atoms with Gasteiger partial charge in [0, 0.05) is 11.0 Å². The lowest BCUT2D eigenvalue weighted by Crippen LogP contribution is -2.22. The molecule has 0 amide bonds. The van der Waals surface area contributed by atoms with Gasteiger partial charge in [-0.2, -0.15) is 0 Å². The molecule has 0 saturated carbocycles. The predicted octanol–water partition coefficient (Wildman–Crippen LogP) is 2.88. The summed E-state index contributed by atoms with van der Waals surface area (Å²) in [6.07, 6.45) is 0.856. The van der Waals surface area contributed by atoms with E-state index in [0.717, 1.165) is 12.0 Å². The van der Waals surface area contributed by atoms with E-state index in [-0.39, 0.29) is 12.4 Å². The zero-order chi connectivity index (χ0) is 11.6. The van der Waals surface area contributed by atoms with E-state index in [1.807, 2.05) is 26.8 Å². The van der Waals surface area contributed by atoms with Crippen molar-refractivity contribution in [3.63, 3.8) is 0 Å². The molecule has 1 aromatic rings. The van der Waals surface area contributed by atoms with Crippen molar-refractivity contribution in [2.24, 2.45) is 0 Å². The van der Waals surface area contributed by atoms with Crippen LogP contribution in [0.3, 0.4) is 0 Å². The lowest BCUT2D eigenvalue weighted by Gasteiger charge is -2.24. The second-order valence-corrected chi connectivity index (χ2v) is 4.78. The minimum atomic E-state index is -0.473. The first-order valence-electron chi connectivity index (χ1n) is 5.05. The van der Waals surface area contributed by atoms with Crippen molar-refractivity contribution in [1.82, 2.24) is 0 Å². The lowest BCUT2D eigenvalue weighted by atomic mass is 9.84. The number of phenolic OH excluding ortho intramolecular Hbond substituents is 1. The van der Waals surface area contributed by atoms with Crippen LogP contribution in [0.25, 0.3) is 0 Å². The monoisotopic (exact) mass is 228 g/mol. The molecule has 0 radical (unpaired) electrons. The molecular weight excluding hydrogens is 212 g/mol. The highest BCUT2D eigenvalue weighted by atomic mass is 35.5. The molecule has 0 aliphatic carbocycles. The Morgan fingerprint density at radius 3 is 2.40 bits per heavy atom. The van der Waals surface area contributed by atoms with E-state index in [1.54, 1.807) is 6.07 Å². The summed E-state index contributed by atoms with van der Waals surface area (Å²) >= 11 is 5.93. The maximum atomic E-state index is 9.84. The van der Waals surface area contributed by atoms with Gasteiger partial charge in [0.2, 0.25) is 0 Å².